The van der Waals surface area contributed by atoms with Crippen LogP contribution in [0.5, 0.6) is 0 Å². The SMILES string of the molecule is Cc1cccc(CN(C)c2cc3c(cc2F)c(=O)c(C(=O)O)cn3CC(C)C)c1. The number of hydrogen-bond donors (Lipinski definition) is 1. The van der Waals surface area contributed by atoms with Crippen molar-refractivity contribution in [3.63, 3.8) is 0 Å². The second kappa shape index (κ2) is 8.07. The van der Waals surface area contributed by atoms with Crippen LogP contribution in [0.15, 0.2) is 47.4 Å². The molecule has 0 saturated carbocycles. The summed E-state index contributed by atoms with van der Waals surface area (Å²) in [6, 6.07) is 10.8. The molecule has 0 spiro atoms. The Morgan fingerprint density at radius 2 is 1.97 bits per heavy atom. The van der Waals surface area contributed by atoms with E-state index in [9.17, 15) is 19.1 Å². The Morgan fingerprint density at radius 1 is 1.24 bits per heavy atom. The lowest BCUT2D eigenvalue weighted by atomic mass is 10.1. The molecule has 3 aromatic rings. The number of fused-ring (bicyclic) bond motifs is 1. The predicted molar refractivity (Wildman–Crippen MR) is 113 cm³/mol. The van der Waals surface area contributed by atoms with Gasteiger partial charge in [-0.05, 0) is 30.5 Å². The molecule has 0 unspecified atom stereocenters. The van der Waals surface area contributed by atoms with Crippen LogP contribution >= 0.6 is 0 Å². The average Bonchev–Trinajstić information content (AvgIpc) is 2.63. The normalized spacial score (nSPS) is 11.2. The van der Waals surface area contributed by atoms with Gasteiger partial charge in [0.2, 0.25) is 5.43 Å². The predicted octanol–water partition coefficient (Wildman–Crippen LogP) is 4.44. The van der Waals surface area contributed by atoms with E-state index >= 15 is 0 Å². The number of rotatable bonds is 6. The lowest BCUT2D eigenvalue weighted by Gasteiger charge is -2.22. The molecule has 1 heterocycles. The summed E-state index contributed by atoms with van der Waals surface area (Å²) in [5.41, 5.74) is 2.05. The van der Waals surface area contributed by atoms with Gasteiger partial charge in [0, 0.05) is 31.7 Å². The summed E-state index contributed by atoms with van der Waals surface area (Å²) >= 11 is 0. The van der Waals surface area contributed by atoms with E-state index in [0.29, 0.717) is 24.3 Å². The number of anilines is 1. The lowest BCUT2D eigenvalue weighted by Crippen LogP contribution is -2.22. The maximum absolute atomic E-state index is 14.9. The van der Waals surface area contributed by atoms with Crippen molar-refractivity contribution in [3.8, 4) is 0 Å². The summed E-state index contributed by atoms with van der Waals surface area (Å²) in [5, 5.41) is 9.45. The molecule has 29 heavy (non-hydrogen) atoms. The number of halogens is 1. The zero-order chi connectivity index (χ0) is 21.3. The molecule has 0 aliphatic carbocycles. The van der Waals surface area contributed by atoms with E-state index in [1.54, 1.807) is 22.6 Å². The van der Waals surface area contributed by atoms with Gasteiger partial charge in [0.25, 0.3) is 0 Å². The van der Waals surface area contributed by atoms with Gasteiger partial charge in [0.05, 0.1) is 11.2 Å². The van der Waals surface area contributed by atoms with Crippen molar-refractivity contribution in [1.82, 2.24) is 4.57 Å². The van der Waals surface area contributed by atoms with Crippen LogP contribution in [-0.2, 0) is 13.1 Å². The van der Waals surface area contributed by atoms with Crippen molar-refractivity contribution in [2.45, 2.75) is 33.9 Å². The molecule has 0 aliphatic rings. The monoisotopic (exact) mass is 396 g/mol. The van der Waals surface area contributed by atoms with Gasteiger partial charge in [0.1, 0.15) is 11.4 Å². The van der Waals surface area contributed by atoms with Gasteiger partial charge < -0.3 is 14.6 Å². The molecule has 1 N–H and O–H groups in total. The van der Waals surface area contributed by atoms with Gasteiger partial charge in [-0.1, -0.05) is 43.7 Å². The molecular weight excluding hydrogens is 371 g/mol. The molecule has 0 radical (unpaired) electrons. The van der Waals surface area contributed by atoms with E-state index in [1.165, 1.54) is 6.20 Å². The summed E-state index contributed by atoms with van der Waals surface area (Å²) in [7, 11) is 1.79. The molecule has 0 bridgehead atoms. The molecule has 0 aliphatic heterocycles. The van der Waals surface area contributed by atoms with Crippen LogP contribution < -0.4 is 10.3 Å². The summed E-state index contributed by atoms with van der Waals surface area (Å²) in [6.45, 7) is 7.03. The summed E-state index contributed by atoms with van der Waals surface area (Å²) in [5.74, 6) is -1.64. The topological polar surface area (TPSA) is 62.5 Å². The van der Waals surface area contributed by atoms with Gasteiger partial charge in [-0.2, -0.15) is 0 Å². The van der Waals surface area contributed by atoms with Crippen LogP contribution in [0.3, 0.4) is 0 Å². The third-order valence-electron chi connectivity index (χ3n) is 4.85. The molecule has 0 atom stereocenters. The first-order valence-corrected chi connectivity index (χ1v) is 9.54. The van der Waals surface area contributed by atoms with Crippen LogP contribution in [-0.4, -0.2) is 22.7 Å². The smallest absolute Gasteiger partial charge is 0.341 e. The maximum atomic E-state index is 14.9. The number of nitrogens with zero attached hydrogens (tertiary/aromatic N) is 2. The summed E-state index contributed by atoms with van der Waals surface area (Å²) in [6.07, 6.45) is 1.36. The molecule has 152 valence electrons. The van der Waals surface area contributed by atoms with Gasteiger partial charge in [0.15, 0.2) is 0 Å². The summed E-state index contributed by atoms with van der Waals surface area (Å²) in [4.78, 5) is 25.9. The standard InChI is InChI=1S/C23H25FN2O3/c1-14(2)11-26-13-18(23(28)29)22(27)17-9-19(24)21(10-20(17)26)25(4)12-16-7-5-6-15(3)8-16/h5-10,13-14H,11-12H2,1-4H3,(H,28,29). The molecule has 3 rings (SSSR count). The zero-order valence-electron chi connectivity index (χ0n) is 17.1. The minimum absolute atomic E-state index is 0.0794. The van der Waals surface area contributed by atoms with Crippen molar-refractivity contribution < 1.29 is 14.3 Å². The largest absolute Gasteiger partial charge is 0.477 e. The number of aryl methyl sites for hydroxylation is 1. The second-order valence-electron chi connectivity index (χ2n) is 7.89. The van der Waals surface area contributed by atoms with Crippen molar-refractivity contribution in [1.29, 1.82) is 0 Å². The highest BCUT2D eigenvalue weighted by Crippen LogP contribution is 2.26. The molecule has 5 nitrogen and oxygen atoms in total. The van der Waals surface area contributed by atoms with E-state index in [1.807, 2.05) is 45.0 Å². The number of carboxylic acid groups (broad SMARTS) is 1. The first-order valence-electron chi connectivity index (χ1n) is 9.54. The highest BCUT2D eigenvalue weighted by atomic mass is 19.1. The average molecular weight is 396 g/mol. The second-order valence-corrected chi connectivity index (χ2v) is 7.89. The minimum atomic E-state index is -1.31. The fourth-order valence-corrected chi connectivity index (χ4v) is 3.56. The third-order valence-corrected chi connectivity index (χ3v) is 4.85. The Kier molecular flexibility index (Phi) is 5.73. The third kappa shape index (κ3) is 4.31. The van der Waals surface area contributed by atoms with Crippen molar-refractivity contribution >= 4 is 22.6 Å². The van der Waals surface area contributed by atoms with Crippen LogP contribution in [0.1, 0.15) is 35.3 Å². The van der Waals surface area contributed by atoms with Gasteiger partial charge >= 0.3 is 5.97 Å². The van der Waals surface area contributed by atoms with E-state index in [0.717, 1.165) is 17.2 Å². The number of carboxylic acids is 1. The van der Waals surface area contributed by atoms with Gasteiger partial charge in [-0.3, -0.25) is 4.79 Å². The number of aromatic carboxylic acids is 1. The van der Waals surface area contributed by atoms with Crippen LogP contribution in [0, 0.1) is 18.7 Å². The number of carbonyl (C=O) groups is 1. The molecule has 1 aromatic heterocycles. The lowest BCUT2D eigenvalue weighted by molar-refractivity contribution is 0.0694. The Bertz CT molecular complexity index is 1130. The first kappa shape index (κ1) is 20.6. The minimum Gasteiger partial charge on any atom is -0.477 e. The highest BCUT2D eigenvalue weighted by molar-refractivity contribution is 5.93. The Balaban J connectivity index is 2.14. The van der Waals surface area contributed by atoms with E-state index in [-0.39, 0.29) is 16.9 Å². The first-order chi connectivity index (χ1) is 13.7. The van der Waals surface area contributed by atoms with E-state index < -0.39 is 17.2 Å². The van der Waals surface area contributed by atoms with Crippen molar-refractivity contribution in [2.24, 2.45) is 5.92 Å². The van der Waals surface area contributed by atoms with Gasteiger partial charge in [-0.15, -0.1) is 0 Å². The molecule has 0 amide bonds. The fourth-order valence-electron chi connectivity index (χ4n) is 3.56. The van der Waals surface area contributed by atoms with Crippen molar-refractivity contribution in [2.75, 3.05) is 11.9 Å². The van der Waals surface area contributed by atoms with Gasteiger partial charge in [-0.25, -0.2) is 9.18 Å². The van der Waals surface area contributed by atoms with E-state index in [4.69, 9.17) is 0 Å². The number of hydrogen-bond acceptors (Lipinski definition) is 3. The molecule has 0 saturated heterocycles. The quantitative estimate of drug-likeness (QED) is 0.669. The van der Waals surface area contributed by atoms with Crippen LogP contribution in [0.2, 0.25) is 0 Å². The van der Waals surface area contributed by atoms with Crippen molar-refractivity contribution in [3.05, 3.63) is 75.3 Å². The number of aromatic nitrogens is 1. The molecule has 0 fully saturated rings. The molecular formula is C23H25FN2O3. The maximum Gasteiger partial charge on any atom is 0.341 e. The Labute approximate surface area is 169 Å². The van der Waals surface area contributed by atoms with Crippen LogP contribution in [0.4, 0.5) is 10.1 Å². The molecule has 2 aromatic carbocycles. The van der Waals surface area contributed by atoms with Crippen LogP contribution in [0.25, 0.3) is 10.9 Å². The fraction of sp³-hybridized carbons (Fsp3) is 0.304. The number of pyridine rings is 1. The Hall–Kier alpha value is -3.15. The molecule has 6 heteroatoms. The number of benzene rings is 2. The summed E-state index contributed by atoms with van der Waals surface area (Å²) < 4.78 is 16.7. The zero-order valence-corrected chi connectivity index (χ0v) is 17.1. The van der Waals surface area contributed by atoms with E-state index in [2.05, 4.69) is 0 Å². The highest BCUT2D eigenvalue weighted by Gasteiger charge is 2.19. The Morgan fingerprint density at radius 3 is 2.59 bits per heavy atom.